The van der Waals surface area contributed by atoms with Gasteiger partial charge in [0, 0.05) is 0 Å². The molecule has 6 nitrogen and oxygen atoms in total. The number of ether oxygens (including phenoxy) is 1. The Morgan fingerprint density at radius 2 is 2.38 bits per heavy atom. The van der Waals surface area contributed by atoms with E-state index in [0.717, 1.165) is 19.4 Å². The van der Waals surface area contributed by atoms with Crippen molar-refractivity contribution in [3.05, 3.63) is 0 Å². The summed E-state index contributed by atoms with van der Waals surface area (Å²) >= 11 is 0. The topological polar surface area (TPSA) is 79.8 Å². The third-order valence-corrected chi connectivity index (χ3v) is 2.23. The van der Waals surface area contributed by atoms with E-state index in [-0.39, 0.29) is 18.7 Å². The molecule has 94 valence electrons. The molecule has 3 N–H and O–H groups in total. The van der Waals surface area contributed by atoms with Gasteiger partial charge in [-0.3, -0.25) is 9.63 Å². The van der Waals surface area contributed by atoms with E-state index in [4.69, 9.17) is 9.94 Å². The molecule has 6 heteroatoms. The van der Waals surface area contributed by atoms with Crippen LogP contribution in [0.3, 0.4) is 0 Å². The zero-order chi connectivity index (χ0) is 12.0. The quantitative estimate of drug-likeness (QED) is 0.336. The first-order chi connectivity index (χ1) is 7.58. The minimum absolute atomic E-state index is 0.116. The fraction of sp³-hybridized carbons (Fsp3) is 0.900. The molecule has 1 heterocycles. The second kappa shape index (κ2) is 6.80. The van der Waals surface area contributed by atoms with Crippen molar-refractivity contribution in [2.45, 2.75) is 51.7 Å². The van der Waals surface area contributed by atoms with Crippen LogP contribution in [0, 0.1) is 0 Å². The molecule has 0 aromatic heterocycles. The lowest BCUT2D eigenvalue weighted by molar-refractivity contribution is -0.169. The minimum Gasteiger partial charge on any atom is -0.436 e. The van der Waals surface area contributed by atoms with Crippen LogP contribution in [0.2, 0.25) is 0 Å². The molecular formula is C10H20N2O4. The van der Waals surface area contributed by atoms with Crippen LogP contribution < -0.4 is 10.8 Å². The number of hydrogen-bond acceptors (Lipinski definition) is 6. The third-order valence-electron chi connectivity index (χ3n) is 2.23. The molecule has 0 spiro atoms. The van der Waals surface area contributed by atoms with Gasteiger partial charge in [-0.15, -0.1) is 0 Å². The Kier molecular flexibility index (Phi) is 5.68. The van der Waals surface area contributed by atoms with Crippen LogP contribution >= 0.6 is 0 Å². The maximum Gasteiger partial charge on any atom is 0.310 e. The lowest BCUT2D eigenvalue weighted by atomic mass is 10.3. The maximum absolute atomic E-state index is 11.2. The number of aliphatic hydroxyl groups excluding tert-OH is 1. The molecule has 1 unspecified atom stereocenters. The minimum atomic E-state index is -1.07. The normalized spacial score (nSPS) is 24.1. The van der Waals surface area contributed by atoms with Crippen molar-refractivity contribution >= 4 is 5.97 Å². The molecule has 1 rings (SSSR count). The van der Waals surface area contributed by atoms with E-state index in [0.29, 0.717) is 0 Å². The lowest BCUT2D eigenvalue weighted by Gasteiger charge is -2.17. The number of nitrogens with one attached hydrogen (secondary N) is 2. The summed E-state index contributed by atoms with van der Waals surface area (Å²) in [6.07, 6.45) is 1.07. The molecule has 1 aliphatic heterocycles. The van der Waals surface area contributed by atoms with Gasteiger partial charge in [-0.1, -0.05) is 0 Å². The summed E-state index contributed by atoms with van der Waals surface area (Å²) in [6, 6.07) is 0. The second-order valence-corrected chi connectivity index (χ2v) is 3.99. The molecule has 0 amide bonds. The number of aliphatic hydroxyl groups is 1. The van der Waals surface area contributed by atoms with Gasteiger partial charge in [-0.05, 0) is 33.2 Å². The average Bonchev–Trinajstić information content (AvgIpc) is 2.65. The zero-order valence-corrected chi connectivity index (χ0v) is 9.73. The summed E-state index contributed by atoms with van der Waals surface area (Å²) in [5.41, 5.74) is 2.86. The van der Waals surface area contributed by atoms with E-state index in [2.05, 4.69) is 15.5 Å². The highest BCUT2D eigenvalue weighted by Crippen LogP contribution is 2.04. The van der Waals surface area contributed by atoms with E-state index in [1.807, 2.05) is 0 Å². The predicted molar refractivity (Wildman–Crippen MR) is 57.1 cm³/mol. The van der Waals surface area contributed by atoms with E-state index in [9.17, 15) is 4.79 Å². The van der Waals surface area contributed by atoms with Crippen LogP contribution in [0.4, 0.5) is 0 Å². The highest BCUT2D eigenvalue weighted by molar-refractivity contribution is 5.69. The first-order valence-corrected chi connectivity index (χ1v) is 5.60. The molecular weight excluding hydrogens is 212 g/mol. The van der Waals surface area contributed by atoms with Crippen LogP contribution in [0.15, 0.2) is 0 Å². The predicted octanol–water partition coefficient (Wildman–Crippen LogP) is -0.123. The highest BCUT2D eigenvalue weighted by atomic mass is 16.7. The van der Waals surface area contributed by atoms with Gasteiger partial charge >= 0.3 is 5.97 Å². The number of carbonyl (C=O) groups excluding carboxylic acids is 1. The van der Waals surface area contributed by atoms with Gasteiger partial charge in [0.2, 0.25) is 0 Å². The summed E-state index contributed by atoms with van der Waals surface area (Å²) in [5, 5.41) is 12.0. The van der Waals surface area contributed by atoms with Crippen molar-refractivity contribution in [2.75, 3.05) is 6.54 Å². The van der Waals surface area contributed by atoms with Gasteiger partial charge in [0.25, 0.3) is 0 Å². The Morgan fingerprint density at radius 3 is 2.94 bits per heavy atom. The molecule has 0 radical (unpaired) electrons. The fourth-order valence-electron chi connectivity index (χ4n) is 1.50. The van der Waals surface area contributed by atoms with E-state index < -0.39 is 12.3 Å². The molecule has 1 saturated heterocycles. The Bertz CT molecular complexity index is 217. The van der Waals surface area contributed by atoms with Crippen molar-refractivity contribution in [1.29, 1.82) is 0 Å². The van der Waals surface area contributed by atoms with Gasteiger partial charge < -0.3 is 15.2 Å². The standard InChI is InChI=1S/C10H20N2O4/c1-7(6-10(14)15-8(2)13)16-12-9-4-3-5-11-9/h7-9,11-13H,3-6H2,1-2H3/t7-,8?,9-/m1/s1. The van der Waals surface area contributed by atoms with Gasteiger partial charge in [-0.25, -0.2) is 0 Å². The van der Waals surface area contributed by atoms with Crippen LogP contribution in [0.5, 0.6) is 0 Å². The van der Waals surface area contributed by atoms with E-state index in [1.54, 1.807) is 6.92 Å². The van der Waals surface area contributed by atoms with Crippen molar-refractivity contribution in [1.82, 2.24) is 10.8 Å². The molecule has 1 fully saturated rings. The van der Waals surface area contributed by atoms with Crippen molar-refractivity contribution < 1.29 is 19.5 Å². The van der Waals surface area contributed by atoms with Crippen LogP contribution in [0.1, 0.15) is 33.1 Å². The first kappa shape index (κ1) is 13.4. The van der Waals surface area contributed by atoms with Crippen molar-refractivity contribution in [3.63, 3.8) is 0 Å². The molecule has 0 aromatic rings. The van der Waals surface area contributed by atoms with Crippen LogP contribution in [-0.2, 0) is 14.4 Å². The molecule has 16 heavy (non-hydrogen) atoms. The van der Waals surface area contributed by atoms with E-state index >= 15 is 0 Å². The fourth-order valence-corrected chi connectivity index (χ4v) is 1.50. The number of hydrogen-bond donors (Lipinski definition) is 3. The average molecular weight is 232 g/mol. The van der Waals surface area contributed by atoms with Gasteiger partial charge in [0.05, 0.1) is 18.7 Å². The van der Waals surface area contributed by atoms with Crippen LogP contribution in [0.25, 0.3) is 0 Å². The largest absolute Gasteiger partial charge is 0.436 e. The smallest absolute Gasteiger partial charge is 0.310 e. The Hall–Kier alpha value is -0.690. The summed E-state index contributed by atoms with van der Waals surface area (Å²) in [4.78, 5) is 16.4. The molecule has 0 bridgehead atoms. The number of carbonyl (C=O) groups is 1. The molecule has 1 aliphatic rings. The summed E-state index contributed by atoms with van der Waals surface area (Å²) in [5.74, 6) is -0.469. The highest BCUT2D eigenvalue weighted by Gasteiger charge is 2.17. The van der Waals surface area contributed by atoms with Crippen molar-refractivity contribution in [3.8, 4) is 0 Å². The SMILES string of the molecule is CC(O)OC(=O)C[C@@H](C)ON[C@@H]1CCCN1. The number of esters is 1. The number of rotatable bonds is 6. The Morgan fingerprint density at radius 1 is 1.62 bits per heavy atom. The molecule has 0 saturated carbocycles. The van der Waals surface area contributed by atoms with Crippen LogP contribution in [-0.4, -0.2) is 36.2 Å². The third kappa shape index (κ3) is 5.41. The Balaban J connectivity index is 2.09. The maximum atomic E-state index is 11.2. The zero-order valence-electron chi connectivity index (χ0n) is 9.73. The van der Waals surface area contributed by atoms with E-state index in [1.165, 1.54) is 6.92 Å². The van der Waals surface area contributed by atoms with Gasteiger partial charge in [0.1, 0.15) is 0 Å². The summed E-state index contributed by atoms with van der Waals surface area (Å²) < 4.78 is 4.59. The second-order valence-electron chi connectivity index (χ2n) is 3.99. The molecule has 3 atom stereocenters. The van der Waals surface area contributed by atoms with Gasteiger partial charge in [0.15, 0.2) is 6.29 Å². The Labute approximate surface area is 95.3 Å². The summed E-state index contributed by atoms with van der Waals surface area (Å²) in [7, 11) is 0. The molecule has 0 aromatic carbocycles. The first-order valence-electron chi connectivity index (χ1n) is 5.60. The number of hydroxylamine groups is 1. The summed E-state index contributed by atoms with van der Waals surface area (Å²) in [6.45, 7) is 4.15. The van der Waals surface area contributed by atoms with Gasteiger partial charge in [-0.2, -0.15) is 5.48 Å². The monoisotopic (exact) mass is 232 g/mol. The van der Waals surface area contributed by atoms with Crippen molar-refractivity contribution in [2.24, 2.45) is 0 Å². The molecule has 0 aliphatic carbocycles. The lowest BCUT2D eigenvalue weighted by Crippen LogP contribution is -2.39.